The summed E-state index contributed by atoms with van der Waals surface area (Å²) < 4.78 is 23.7. The van der Waals surface area contributed by atoms with Gasteiger partial charge in [0.1, 0.15) is 16.9 Å². The maximum absolute atomic E-state index is 15.6. The number of ether oxygens (including phenoxy) is 1. The summed E-state index contributed by atoms with van der Waals surface area (Å²) in [6.45, 7) is 1.45. The van der Waals surface area contributed by atoms with Gasteiger partial charge in [-0.1, -0.05) is 10.7 Å². The van der Waals surface area contributed by atoms with Crippen LogP contribution in [0.1, 0.15) is 42.9 Å². The molecule has 3 atom stereocenters. The third-order valence-corrected chi connectivity index (χ3v) is 8.70. The number of aromatic amines is 1. The number of halogens is 1. The number of nitrogens with two attached hydrogens (primary N) is 1. The molecular formula is C21H23FN4O3S. The summed E-state index contributed by atoms with van der Waals surface area (Å²) in [5.41, 5.74) is 6.40. The number of pyridine rings is 1. The normalized spacial score (nSPS) is 26.7. The lowest BCUT2D eigenvalue weighted by Crippen LogP contribution is -2.40. The Morgan fingerprint density at radius 3 is 2.83 bits per heavy atom. The Kier molecular flexibility index (Phi) is 4.71. The van der Waals surface area contributed by atoms with Gasteiger partial charge >= 0.3 is 0 Å². The summed E-state index contributed by atoms with van der Waals surface area (Å²) in [7, 11) is 0.880. The van der Waals surface area contributed by atoms with Crippen LogP contribution in [-0.2, 0) is 4.74 Å². The van der Waals surface area contributed by atoms with Crippen molar-refractivity contribution in [3.63, 3.8) is 0 Å². The number of piperidine rings is 1. The Labute approximate surface area is 175 Å². The SMILES string of the molecule is COC1=S(N2CCC[C@H](N)C2)c2c(F)cc3c(=O)c(O)c(C#N)[nH]c3c2C1C1CC1. The van der Waals surface area contributed by atoms with E-state index in [1.807, 2.05) is 6.07 Å². The number of fused-ring (bicyclic) bond motifs is 3. The quantitative estimate of drug-likeness (QED) is 0.631. The first kappa shape index (κ1) is 19.7. The molecule has 9 heteroatoms. The topological polar surface area (TPSA) is 115 Å². The number of aromatic nitrogens is 1. The van der Waals surface area contributed by atoms with Gasteiger partial charge in [-0.25, -0.2) is 8.70 Å². The molecule has 3 aliphatic rings. The number of rotatable bonds is 2. The number of nitrogens with one attached hydrogen (secondary N) is 1. The lowest BCUT2D eigenvalue weighted by atomic mass is 9.92. The standard InChI is InChI=1S/C21H23FN4O3S/c1-29-21-15(10-4-5-10)16-17-12(18(27)19(28)14(8-23)25-17)7-13(22)20(16)30(21)26-6-2-3-11(24)9-26/h7,10-11,15,28H,2-6,9,24H2,1H3,(H,25,27)/t11-,15?,30?/m0/s1. The van der Waals surface area contributed by atoms with Crippen LogP contribution in [0.2, 0.25) is 0 Å². The van der Waals surface area contributed by atoms with Crippen LogP contribution in [0, 0.1) is 23.1 Å². The summed E-state index contributed by atoms with van der Waals surface area (Å²) in [6.07, 6.45) is 3.87. The smallest absolute Gasteiger partial charge is 0.232 e. The molecule has 0 spiro atoms. The van der Waals surface area contributed by atoms with Gasteiger partial charge in [0.25, 0.3) is 0 Å². The molecule has 5 rings (SSSR count). The molecule has 0 radical (unpaired) electrons. The monoisotopic (exact) mass is 430 g/mol. The third kappa shape index (κ3) is 2.82. The highest BCUT2D eigenvalue weighted by molar-refractivity contribution is 8.14. The molecule has 1 saturated carbocycles. The van der Waals surface area contributed by atoms with E-state index in [4.69, 9.17) is 10.5 Å². The zero-order valence-electron chi connectivity index (χ0n) is 16.6. The van der Waals surface area contributed by atoms with Crippen molar-refractivity contribution in [2.24, 2.45) is 11.7 Å². The summed E-state index contributed by atoms with van der Waals surface area (Å²) in [5.74, 6) is -1.01. The number of hydrogen-bond acceptors (Lipinski definition) is 6. The lowest BCUT2D eigenvalue weighted by molar-refractivity contribution is 0.339. The van der Waals surface area contributed by atoms with Crippen molar-refractivity contribution < 1.29 is 14.2 Å². The maximum Gasteiger partial charge on any atom is 0.232 e. The van der Waals surface area contributed by atoms with Crippen molar-refractivity contribution in [1.29, 1.82) is 5.26 Å². The van der Waals surface area contributed by atoms with Gasteiger partial charge in [0.15, 0.2) is 11.4 Å². The zero-order chi connectivity index (χ0) is 21.2. The van der Waals surface area contributed by atoms with Crippen LogP contribution in [0.15, 0.2) is 15.8 Å². The molecule has 1 aliphatic carbocycles. The number of nitriles is 1. The van der Waals surface area contributed by atoms with E-state index in [9.17, 15) is 15.2 Å². The van der Waals surface area contributed by atoms with Crippen LogP contribution in [-0.4, -0.2) is 45.7 Å². The highest BCUT2D eigenvalue weighted by atomic mass is 32.2. The van der Waals surface area contributed by atoms with E-state index in [2.05, 4.69) is 9.29 Å². The van der Waals surface area contributed by atoms with Gasteiger partial charge in [-0.15, -0.1) is 0 Å². The Bertz CT molecular complexity index is 1200. The Morgan fingerprint density at radius 1 is 1.43 bits per heavy atom. The first-order valence-corrected chi connectivity index (χ1v) is 11.3. The molecule has 1 aromatic carbocycles. The first-order valence-electron chi connectivity index (χ1n) is 10.1. The minimum atomic E-state index is -0.741. The van der Waals surface area contributed by atoms with E-state index < -0.39 is 27.7 Å². The molecule has 0 bridgehead atoms. The summed E-state index contributed by atoms with van der Waals surface area (Å²) >= 11 is 0. The van der Waals surface area contributed by atoms with Gasteiger partial charge < -0.3 is 20.6 Å². The molecule has 1 saturated heterocycles. The molecule has 2 aromatic rings. The summed E-state index contributed by atoms with van der Waals surface area (Å²) in [5, 5.41) is 20.3. The summed E-state index contributed by atoms with van der Waals surface area (Å²) in [6, 6.07) is 3.04. The molecule has 7 nitrogen and oxygen atoms in total. The molecule has 2 unspecified atom stereocenters. The van der Waals surface area contributed by atoms with Crippen molar-refractivity contribution in [1.82, 2.24) is 9.29 Å². The molecule has 1 aromatic heterocycles. The minimum Gasteiger partial charge on any atom is -0.502 e. The Morgan fingerprint density at radius 2 is 2.20 bits per heavy atom. The number of hydrogen-bond donors (Lipinski definition) is 3. The van der Waals surface area contributed by atoms with Crippen LogP contribution in [0.5, 0.6) is 5.75 Å². The third-order valence-electron chi connectivity index (χ3n) is 6.25. The molecule has 2 aliphatic heterocycles. The number of methoxy groups -OCH3 is 1. The van der Waals surface area contributed by atoms with E-state index in [0.29, 0.717) is 28.4 Å². The van der Waals surface area contributed by atoms with Crippen molar-refractivity contribution in [3.05, 3.63) is 33.4 Å². The second kappa shape index (κ2) is 7.17. The van der Waals surface area contributed by atoms with Crippen LogP contribution < -0.4 is 11.2 Å². The largest absolute Gasteiger partial charge is 0.502 e. The minimum absolute atomic E-state index is 0.0262. The molecule has 4 N–H and O–H groups in total. The number of benzene rings is 1. The molecule has 158 valence electrons. The van der Waals surface area contributed by atoms with E-state index in [1.54, 1.807) is 7.11 Å². The highest BCUT2D eigenvalue weighted by Crippen LogP contribution is 2.57. The van der Waals surface area contributed by atoms with Gasteiger partial charge in [-0.3, -0.25) is 4.79 Å². The number of nitrogens with zero attached hydrogens (tertiary/aromatic N) is 2. The molecule has 3 heterocycles. The van der Waals surface area contributed by atoms with E-state index in [1.165, 1.54) is 6.07 Å². The van der Waals surface area contributed by atoms with Crippen LogP contribution in [0.4, 0.5) is 4.39 Å². The fourth-order valence-corrected chi connectivity index (χ4v) is 7.52. The van der Waals surface area contributed by atoms with Crippen LogP contribution in [0.25, 0.3) is 10.9 Å². The lowest BCUT2D eigenvalue weighted by Gasteiger charge is -2.33. The van der Waals surface area contributed by atoms with E-state index >= 15 is 4.39 Å². The molecular weight excluding hydrogens is 407 g/mol. The molecule has 30 heavy (non-hydrogen) atoms. The van der Waals surface area contributed by atoms with Crippen molar-refractivity contribution in [3.8, 4) is 11.8 Å². The van der Waals surface area contributed by atoms with Gasteiger partial charge in [0.2, 0.25) is 5.43 Å². The van der Waals surface area contributed by atoms with Crippen LogP contribution >= 0.6 is 10.7 Å². The number of aromatic hydroxyl groups is 1. The van der Waals surface area contributed by atoms with Gasteiger partial charge in [-0.2, -0.15) is 5.26 Å². The highest BCUT2D eigenvalue weighted by Gasteiger charge is 2.46. The van der Waals surface area contributed by atoms with Crippen molar-refractivity contribution in [2.45, 2.75) is 42.5 Å². The predicted octanol–water partition coefficient (Wildman–Crippen LogP) is 2.49. The second-order valence-electron chi connectivity index (χ2n) is 8.23. The number of H-pyrrole nitrogens is 1. The van der Waals surface area contributed by atoms with Gasteiger partial charge in [0, 0.05) is 37.7 Å². The maximum atomic E-state index is 15.6. The average Bonchev–Trinajstić information content (AvgIpc) is 3.51. The molecule has 0 amide bonds. The summed E-state index contributed by atoms with van der Waals surface area (Å²) in [4.78, 5) is 16.1. The van der Waals surface area contributed by atoms with E-state index in [-0.39, 0.29) is 23.0 Å². The van der Waals surface area contributed by atoms with Gasteiger partial charge in [-0.05, 0) is 37.7 Å². The van der Waals surface area contributed by atoms with Gasteiger partial charge in [0.05, 0.1) is 15.8 Å². The first-order chi connectivity index (χ1) is 14.5. The Balaban J connectivity index is 1.83. The Hall–Kier alpha value is -2.25. The van der Waals surface area contributed by atoms with Crippen LogP contribution in [0.3, 0.4) is 0 Å². The second-order valence-corrected chi connectivity index (χ2v) is 10.1. The molecule has 2 fully saturated rings. The average molecular weight is 431 g/mol. The fourth-order valence-electron chi connectivity index (χ4n) is 4.76. The zero-order valence-corrected chi connectivity index (χ0v) is 17.4. The van der Waals surface area contributed by atoms with Crippen molar-refractivity contribution >= 4 is 26.6 Å². The van der Waals surface area contributed by atoms with Crippen molar-refractivity contribution in [2.75, 3.05) is 20.2 Å². The fraction of sp³-hybridized carbons (Fsp3) is 0.476. The predicted molar refractivity (Wildman–Crippen MR) is 113 cm³/mol. The van der Waals surface area contributed by atoms with E-state index in [0.717, 1.165) is 37.3 Å².